The molecule has 1 aliphatic rings. The van der Waals surface area contributed by atoms with Gasteiger partial charge in [0, 0.05) is 39.3 Å². The summed E-state index contributed by atoms with van der Waals surface area (Å²) in [6.07, 6.45) is 4.18. The summed E-state index contributed by atoms with van der Waals surface area (Å²) in [5.41, 5.74) is 2.62. The highest BCUT2D eigenvalue weighted by Gasteiger charge is 2.45. The van der Waals surface area contributed by atoms with Gasteiger partial charge in [-0.25, -0.2) is 0 Å². The molecule has 1 aromatic heterocycles. The first-order valence-corrected chi connectivity index (χ1v) is 12.4. The second-order valence-electron chi connectivity index (χ2n) is 10.2. The molecule has 4 rings (SSSR count). The second kappa shape index (κ2) is 10.3. The van der Waals surface area contributed by atoms with Crippen LogP contribution < -0.4 is 15.1 Å². The van der Waals surface area contributed by atoms with Crippen LogP contribution in [0.25, 0.3) is 0 Å². The molecule has 0 atom stereocenters. The lowest BCUT2D eigenvalue weighted by atomic mass is 9.66. The van der Waals surface area contributed by atoms with E-state index in [1.807, 2.05) is 38.0 Å². The van der Waals surface area contributed by atoms with Crippen molar-refractivity contribution in [2.45, 2.75) is 43.3 Å². The molecule has 0 aliphatic heterocycles. The van der Waals surface area contributed by atoms with Crippen LogP contribution in [0.3, 0.4) is 0 Å². The first-order valence-electron chi connectivity index (χ1n) is 12.4. The van der Waals surface area contributed by atoms with E-state index < -0.39 is 0 Å². The van der Waals surface area contributed by atoms with E-state index in [2.05, 4.69) is 90.0 Å². The number of aromatic nitrogens is 3. The lowest BCUT2D eigenvalue weighted by molar-refractivity contribution is 0.0521. The summed E-state index contributed by atoms with van der Waals surface area (Å²) in [6, 6.07) is 21.8. The van der Waals surface area contributed by atoms with Crippen molar-refractivity contribution in [1.29, 1.82) is 0 Å². The van der Waals surface area contributed by atoms with Crippen molar-refractivity contribution in [1.82, 2.24) is 25.2 Å². The fraction of sp³-hybridized carbons (Fsp3) is 0.464. The minimum absolute atomic E-state index is 0.0323. The number of anilines is 2. The Morgan fingerprint density at radius 1 is 0.657 bits per heavy atom. The molecule has 1 heterocycles. The Labute approximate surface area is 210 Å². The Balaban J connectivity index is 1.64. The van der Waals surface area contributed by atoms with E-state index in [1.165, 1.54) is 11.1 Å². The molecule has 1 aliphatic carbocycles. The van der Waals surface area contributed by atoms with Gasteiger partial charge < -0.3 is 15.1 Å². The van der Waals surface area contributed by atoms with E-state index >= 15 is 0 Å². The zero-order valence-corrected chi connectivity index (χ0v) is 22.0. The normalized spacial score (nSPS) is 22.3. The summed E-state index contributed by atoms with van der Waals surface area (Å²) in [5.74, 6) is 2.11. The molecule has 0 amide bonds. The van der Waals surface area contributed by atoms with Crippen molar-refractivity contribution in [3.8, 4) is 0 Å². The van der Waals surface area contributed by atoms with Crippen molar-refractivity contribution in [3.05, 3.63) is 77.6 Å². The summed E-state index contributed by atoms with van der Waals surface area (Å²) < 4.78 is 0. The molecule has 0 radical (unpaired) electrons. The Morgan fingerprint density at radius 2 is 1.14 bits per heavy atom. The molecule has 3 aromatic rings. The fourth-order valence-electron chi connectivity index (χ4n) is 5.28. The molecular weight excluding hydrogens is 434 g/mol. The Hall–Kier alpha value is -3.03. The zero-order chi connectivity index (χ0) is 25.1. The SMILES string of the molecule is CN(C)c1nc(CNC2(c3ccccc3)CCC(c3ccccc3)(N(C)C)CC2)nc(N(C)C)n1. The average Bonchev–Trinajstić information content (AvgIpc) is 2.88. The first kappa shape index (κ1) is 25.1. The minimum atomic E-state index is -0.140. The standard InChI is InChI=1S/C28H39N7/c1-33(2)25-30-24(31-26(32-25)34(3)4)21-29-27(22-13-9-7-10-14-22)17-19-28(20-18-27,35(5)6)23-15-11-8-12-16-23/h7-16,29H,17-21H2,1-6H3. The van der Waals surface area contributed by atoms with Crippen LogP contribution in [-0.2, 0) is 17.6 Å². The number of benzene rings is 2. The first-order chi connectivity index (χ1) is 16.8. The molecule has 1 fully saturated rings. The zero-order valence-electron chi connectivity index (χ0n) is 22.0. The van der Waals surface area contributed by atoms with Crippen LogP contribution in [0.15, 0.2) is 60.7 Å². The quantitative estimate of drug-likeness (QED) is 0.530. The molecule has 7 nitrogen and oxygen atoms in total. The van der Waals surface area contributed by atoms with Crippen molar-refractivity contribution < 1.29 is 0 Å². The summed E-state index contributed by atoms with van der Waals surface area (Å²) in [6.45, 7) is 0.583. The van der Waals surface area contributed by atoms with Crippen LogP contribution in [0, 0.1) is 0 Å². The minimum Gasteiger partial charge on any atom is -0.347 e. The van der Waals surface area contributed by atoms with E-state index in [1.54, 1.807) is 0 Å². The number of nitrogens with zero attached hydrogens (tertiary/aromatic N) is 6. The van der Waals surface area contributed by atoms with Crippen LogP contribution in [0.1, 0.15) is 42.6 Å². The third kappa shape index (κ3) is 5.16. The van der Waals surface area contributed by atoms with E-state index in [9.17, 15) is 0 Å². The maximum atomic E-state index is 4.74. The van der Waals surface area contributed by atoms with Crippen molar-refractivity contribution >= 4 is 11.9 Å². The smallest absolute Gasteiger partial charge is 0.229 e. The number of hydrogen-bond donors (Lipinski definition) is 1. The highest BCUT2D eigenvalue weighted by Crippen LogP contribution is 2.48. The molecule has 186 valence electrons. The van der Waals surface area contributed by atoms with Crippen LogP contribution in [0.2, 0.25) is 0 Å². The van der Waals surface area contributed by atoms with Crippen LogP contribution in [-0.4, -0.2) is 62.1 Å². The monoisotopic (exact) mass is 473 g/mol. The van der Waals surface area contributed by atoms with Crippen LogP contribution >= 0.6 is 0 Å². The van der Waals surface area contributed by atoms with Crippen molar-refractivity contribution in [2.75, 3.05) is 52.1 Å². The van der Waals surface area contributed by atoms with Gasteiger partial charge in [-0.15, -0.1) is 0 Å². The topological polar surface area (TPSA) is 60.4 Å². The maximum absolute atomic E-state index is 4.74. The summed E-state index contributed by atoms with van der Waals surface area (Å²) in [5, 5.41) is 3.92. The van der Waals surface area contributed by atoms with Gasteiger partial charge in [0.25, 0.3) is 0 Å². The lowest BCUT2D eigenvalue weighted by Gasteiger charge is -2.50. The van der Waals surface area contributed by atoms with E-state index in [0.29, 0.717) is 18.4 Å². The van der Waals surface area contributed by atoms with Gasteiger partial charge in [0.1, 0.15) is 5.82 Å². The molecule has 1 N–H and O–H groups in total. The van der Waals surface area contributed by atoms with Crippen molar-refractivity contribution in [2.24, 2.45) is 0 Å². The highest BCUT2D eigenvalue weighted by molar-refractivity contribution is 5.37. The lowest BCUT2D eigenvalue weighted by Crippen LogP contribution is -2.52. The second-order valence-corrected chi connectivity index (χ2v) is 10.2. The van der Waals surface area contributed by atoms with Crippen LogP contribution in [0.5, 0.6) is 0 Å². The van der Waals surface area contributed by atoms with Gasteiger partial charge in [-0.3, -0.25) is 4.90 Å². The highest BCUT2D eigenvalue weighted by atomic mass is 15.3. The molecule has 2 aromatic carbocycles. The van der Waals surface area contributed by atoms with E-state index in [-0.39, 0.29) is 11.1 Å². The molecule has 0 unspecified atom stereocenters. The maximum Gasteiger partial charge on any atom is 0.229 e. The summed E-state index contributed by atoms with van der Waals surface area (Å²) in [7, 11) is 12.3. The van der Waals surface area contributed by atoms with Gasteiger partial charge >= 0.3 is 0 Å². The third-order valence-corrected chi connectivity index (χ3v) is 7.47. The number of rotatable bonds is 8. The molecule has 1 saturated carbocycles. The molecule has 0 spiro atoms. The molecule has 35 heavy (non-hydrogen) atoms. The van der Waals surface area contributed by atoms with Gasteiger partial charge in [0.15, 0.2) is 0 Å². The van der Waals surface area contributed by atoms with Gasteiger partial charge in [-0.1, -0.05) is 60.7 Å². The molecule has 0 saturated heterocycles. The van der Waals surface area contributed by atoms with E-state index in [4.69, 9.17) is 9.97 Å². The molecule has 0 bridgehead atoms. The predicted molar refractivity (Wildman–Crippen MR) is 144 cm³/mol. The summed E-state index contributed by atoms with van der Waals surface area (Å²) >= 11 is 0. The van der Waals surface area contributed by atoms with Gasteiger partial charge in [0.05, 0.1) is 6.54 Å². The largest absolute Gasteiger partial charge is 0.347 e. The van der Waals surface area contributed by atoms with Gasteiger partial charge in [-0.05, 0) is 50.9 Å². The molecule has 7 heteroatoms. The van der Waals surface area contributed by atoms with Gasteiger partial charge in [0.2, 0.25) is 11.9 Å². The predicted octanol–water partition coefficient (Wildman–Crippen LogP) is 4.02. The summed E-state index contributed by atoms with van der Waals surface area (Å²) in [4.78, 5) is 20.3. The average molecular weight is 474 g/mol. The Morgan fingerprint density at radius 3 is 1.60 bits per heavy atom. The van der Waals surface area contributed by atoms with E-state index in [0.717, 1.165) is 31.5 Å². The number of nitrogens with one attached hydrogen (secondary N) is 1. The van der Waals surface area contributed by atoms with Crippen LogP contribution in [0.4, 0.5) is 11.9 Å². The fourth-order valence-corrected chi connectivity index (χ4v) is 5.28. The number of hydrogen-bond acceptors (Lipinski definition) is 7. The Kier molecular flexibility index (Phi) is 7.38. The Bertz CT molecular complexity index is 1060. The van der Waals surface area contributed by atoms with Crippen molar-refractivity contribution in [3.63, 3.8) is 0 Å². The third-order valence-electron chi connectivity index (χ3n) is 7.47. The molecular formula is C28H39N7. The van der Waals surface area contributed by atoms with Gasteiger partial charge in [-0.2, -0.15) is 15.0 Å².